The van der Waals surface area contributed by atoms with Crippen LogP contribution in [0.15, 0.2) is 52.1 Å². The van der Waals surface area contributed by atoms with Crippen molar-refractivity contribution < 1.29 is 18.8 Å². The van der Waals surface area contributed by atoms with E-state index in [9.17, 15) is 14.4 Å². The third-order valence-electron chi connectivity index (χ3n) is 6.60. The van der Waals surface area contributed by atoms with Crippen LogP contribution < -0.4 is 10.6 Å². The topological polar surface area (TPSA) is 114 Å². The van der Waals surface area contributed by atoms with Crippen LogP contribution in [-0.2, 0) is 9.59 Å². The van der Waals surface area contributed by atoms with Gasteiger partial charge in [0.1, 0.15) is 5.92 Å². The van der Waals surface area contributed by atoms with Gasteiger partial charge >= 0.3 is 0 Å². The van der Waals surface area contributed by atoms with Gasteiger partial charge in [0.15, 0.2) is 0 Å². The van der Waals surface area contributed by atoms with Crippen LogP contribution in [0, 0.1) is 11.8 Å². The minimum atomic E-state index is -0.711. The van der Waals surface area contributed by atoms with E-state index in [0.29, 0.717) is 30.0 Å². The Kier molecular flexibility index (Phi) is 8.40. The van der Waals surface area contributed by atoms with Crippen LogP contribution in [0.5, 0.6) is 0 Å². The smallest absolute Gasteiger partial charge is 0.276 e. The summed E-state index contributed by atoms with van der Waals surface area (Å²) in [6, 6.07) is 13.1. The molecule has 1 heterocycles. The minimum absolute atomic E-state index is 0.184. The zero-order valence-electron chi connectivity index (χ0n) is 20.8. The third-order valence-corrected chi connectivity index (χ3v) is 7.11. The molecule has 0 unspecified atom stereocenters. The van der Waals surface area contributed by atoms with Crippen molar-refractivity contribution >= 4 is 40.3 Å². The van der Waals surface area contributed by atoms with Crippen molar-refractivity contribution in [1.29, 1.82) is 0 Å². The van der Waals surface area contributed by atoms with Gasteiger partial charge in [0.25, 0.3) is 11.1 Å². The molecule has 1 aromatic heterocycles. The highest BCUT2D eigenvalue weighted by Crippen LogP contribution is 2.28. The number of thioether (sulfide) groups is 1. The van der Waals surface area contributed by atoms with E-state index in [1.807, 2.05) is 56.5 Å². The number of hydrogen-bond donors (Lipinski definition) is 2. The highest BCUT2D eigenvalue weighted by atomic mass is 32.2. The number of fused-ring (bicyclic) bond motifs is 1. The van der Waals surface area contributed by atoms with Gasteiger partial charge < -0.3 is 9.73 Å². The Hall–Kier alpha value is -3.20. The van der Waals surface area contributed by atoms with Crippen molar-refractivity contribution in [3.05, 3.63) is 53.9 Å². The Morgan fingerprint density at radius 3 is 2.53 bits per heavy atom. The van der Waals surface area contributed by atoms with E-state index in [1.54, 1.807) is 6.07 Å². The van der Waals surface area contributed by atoms with E-state index < -0.39 is 17.7 Å². The van der Waals surface area contributed by atoms with Gasteiger partial charge in [0.2, 0.25) is 17.7 Å². The van der Waals surface area contributed by atoms with Crippen molar-refractivity contribution in [1.82, 2.24) is 20.8 Å². The summed E-state index contributed by atoms with van der Waals surface area (Å²) in [5.41, 5.74) is 0.549. The first-order valence-corrected chi connectivity index (χ1v) is 13.6. The van der Waals surface area contributed by atoms with Crippen LogP contribution >= 0.6 is 11.8 Å². The third kappa shape index (κ3) is 6.13. The normalized spacial score (nSPS) is 18.7. The van der Waals surface area contributed by atoms with Crippen LogP contribution in [0.1, 0.15) is 68.1 Å². The quantitative estimate of drug-likeness (QED) is 0.424. The fourth-order valence-electron chi connectivity index (χ4n) is 4.74. The number of carbonyl (C=O) groups excluding carboxylic acids is 3. The predicted octanol–water partition coefficient (Wildman–Crippen LogP) is 4.71. The molecule has 3 aromatic rings. The Balaban J connectivity index is 1.45. The Bertz CT molecular complexity index is 1240. The zero-order chi connectivity index (χ0) is 25.7. The lowest BCUT2D eigenvalue weighted by molar-refractivity contribution is -0.135. The summed E-state index contributed by atoms with van der Waals surface area (Å²) >= 11 is 1.30. The predicted molar refractivity (Wildman–Crippen MR) is 139 cm³/mol. The molecule has 0 radical (unpaired) electrons. The fourth-order valence-corrected chi connectivity index (χ4v) is 5.03. The Labute approximate surface area is 215 Å². The fraction of sp³-hybridized carbons (Fsp3) is 0.444. The molecule has 0 bridgehead atoms. The van der Waals surface area contributed by atoms with E-state index in [-0.39, 0.29) is 29.7 Å². The second-order valence-electron chi connectivity index (χ2n) is 9.68. The van der Waals surface area contributed by atoms with Gasteiger partial charge in [0.05, 0.1) is 5.92 Å². The van der Waals surface area contributed by atoms with Crippen molar-refractivity contribution in [3.8, 4) is 0 Å². The van der Waals surface area contributed by atoms with Gasteiger partial charge in [-0.25, -0.2) is 0 Å². The molecule has 0 spiro atoms. The summed E-state index contributed by atoms with van der Waals surface area (Å²) in [6.07, 6.45) is 5.35. The van der Waals surface area contributed by atoms with E-state index in [0.717, 1.165) is 23.6 Å². The second kappa shape index (κ2) is 11.7. The molecule has 3 atom stereocenters. The Morgan fingerprint density at radius 2 is 1.81 bits per heavy atom. The zero-order valence-corrected chi connectivity index (χ0v) is 21.6. The van der Waals surface area contributed by atoms with Gasteiger partial charge in [-0.3, -0.25) is 19.7 Å². The summed E-state index contributed by atoms with van der Waals surface area (Å²) in [7, 11) is 0. The molecule has 9 heteroatoms. The van der Waals surface area contributed by atoms with Crippen molar-refractivity contribution in [2.75, 3.05) is 6.26 Å². The molecule has 1 fully saturated rings. The second-order valence-corrected chi connectivity index (χ2v) is 10.4. The van der Waals surface area contributed by atoms with E-state index >= 15 is 0 Å². The van der Waals surface area contributed by atoms with Gasteiger partial charge in [0, 0.05) is 11.6 Å². The first-order valence-electron chi connectivity index (χ1n) is 12.4. The van der Waals surface area contributed by atoms with Crippen LogP contribution in [0.2, 0.25) is 0 Å². The average molecular weight is 509 g/mol. The van der Waals surface area contributed by atoms with Crippen LogP contribution in [0.3, 0.4) is 0 Å². The summed E-state index contributed by atoms with van der Waals surface area (Å²) in [6.45, 7) is 3.99. The summed E-state index contributed by atoms with van der Waals surface area (Å²) in [5, 5.41) is 16.0. The number of nitrogens with zero attached hydrogens (tertiary/aromatic N) is 2. The lowest BCUT2D eigenvalue weighted by Gasteiger charge is -2.31. The maximum atomic E-state index is 13.2. The molecule has 1 aliphatic carbocycles. The van der Waals surface area contributed by atoms with Gasteiger partial charge in [-0.1, -0.05) is 68.8 Å². The Morgan fingerprint density at radius 1 is 1.06 bits per heavy atom. The maximum Gasteiger partial charge on any atom is 0.276 e. The van der Waals surface area contributed by atoms with Gasteiger partial charge in [-0.15, -0.1) is 10.2 Å². The molecule has 8 nitrogen and oxygen atoms in total. The molecule has 4 rings (SSSR count). The summed E-state index contributed by atoms with van der Waals surface area (Å²) in [5.74, 6) is -1.85. The van der Waals surface area contributed by atoms with Crippen LogP contribution in [-0.4, -0.2) is 40.2 Å². The monoisotopic (exact) mass is 508 g/mol. The lowest BCUT2D eigenvalue weighted by atomic mass is 9.83. The van der Waals surface area contributed by atoms with Crippen LogP contribution in [0.25, 0.3) is 10.8 Å². The number of carbonyl (C=O) groups is 3. The highest BCUT2D eigenvalue weighted by Gasteiger charge is 2.35. The number of aromatic nitrogens is 2. The number of rotatable bonds is 8. The summed E-state index contributed by atoms with van der Waals surface area (Å²) in [4.78, 5) is 39.4. The molecule has 2 N–H and O–H groups in total. The molecule has 36 heavy (non-hydrogen) atoms. The number of hydrogen-bond acceptors (Lipinski definition) is 7. The van der Waals surface area contributed by atoms with Crippen LogP contribution in [0.4, 0.5) is 0 Å². The number of nitrogens with one attached hydrogen (secondary N) is 2. The van der Waals surface area contributed by atoms with Gasteiger partial charge in [-0.2, -0.15) is 0 Å². The first-order chi connectivity index (χ1) is 17.4. The summed E-state index contributed by atoms with van der Waals surface area (Å²) < 4.78 is 5.61. The average Bonchev–Trinajstić information content (AvgIpc) is 3.36. The first kappa shape index (κ1) is 25.9. The van der Waals surface area contributed by atoms with Crippen molar-refractivity contribution in [3.63, 3.8) is 0 Å². The van der Waals surface area contributed by atoms with E-state index in [1.165, 1.54) is 11.8 Å². The molecule has 3 amide bonds. The van der Waals surface area contributed by atoms with E-state index in [4.69, 9.17) is 4.42 Å². The maximum absolute atomic E-state index is 13.2. The lowest BCUT2D eigenvalue weighted by Crippen LogP contribution is -2.50. The number of benzene rings is 2. The molecule has 1 aliphatic rings. The number of amides is 3. The standard InChI is InChI=1S/C27H32N4O4S/c1-16(2)14-21(26-30-31-27(35-26)36-3)25(34)29-24(33)20-10-6-7-11-22(20)28-23(32)19-13-12-17-8-4-5-9-18(17)15-19/h4-5,8-9,12-13,15-16,20-22H,6-7,10-11,14H2,1-3H3,(H,28,32)(H,29,33,34)/t20-,21-,22+/m1/s1. The van der Waals surface area contributed by atoms with Crippen molar-refractivity contribution in [2.24, 2.45) is 11.8 Å². The molecule has 1 saturated carbocycles. The molecular formula is C27H32N4O4S. The molecule has 0 aliphatic heterocycles. The molecule has 2 aromatic carbocycles. The van der Waals surface area contributed by atoms with Gasteiger partial charge in [-0.05, 0) is 54.3 Å². The van der Waals surface area contributed by atoms with Crippen molar-refractivity contribution in [2.45, 2.75) is 63.1 Å². The van der Waals surface area contributed by atoms with E-state index in [2.05, 4.69) is 20.8 Å². The molecule has 190 valence electrons. The SMILES string of the molecule is CSc1nnc([C@H](CC(C)C)C(=O)NC(=O)[C@@H]2CCCC[C@@H]2NC(=O)c2ccc3ccccc3c2)o1. The molecule has 0 saturated heterocycles. The highest BCUT2D eigenvalue weighted by molar-refractivity contribution is 7.98. The minimum Gasteiger partial charge on any atom is -0.415 e. The number of imide groups is 1. The molecular weight excluding hydrogens is 476 g/mol. The largest absolute Gasteiger partial charge is 0.415 e.